The lowest BCUT2D eigenvalue weighted by atomic mass is 10.1. The van der Waals surface area contributed by atoms with Gasteiger partial charge in [0.25, 0.3) is 0 Å². The van der Waals surface area contributed by atoms with E-state index in [2.05, 4.69) is 6.07 Å². The van der Waals surface area contributed by atoms with Crippen LogP contribution in [0.1, 0.15) is 16.7 Å². The van der Waals surface area contributed by atoms with Crippen molar-refractivity contribution >= 4 is 17.3 Å². The normalized spacial score (nSPS) is 10.1. The third-order valence-electron chi connectivity index (χ3n) is 3.07. The molecule has 0 aliphatic heterocycles. The second-order valence-electron chi connectivity index (χ2n) is 4.57. The number of nitriles is 1. The maximum atomic E-state index is 13.2. The van der Waals surface area contributed by atoms with E-state index in [0.29, 0.717) is 12.1 Å². The Morgan fingerprint density at radius 2 is 2.05 bits per heavy atom. The van der Waals surface area contributed by atoms with Crippen LogP contribution < -0.4 is 4.90 Å². The highest BCUT2D eigenvalue weighted by molar-refractivity contribution is 6.17. The van der Waals surface area contributed by atoms with Crippen molar-refractivity contribution < 1.29 is 4.39 Å². The summed E-state index contributed by atoms with van der Waals surface area (Å²) >= 11 is 5.86. The predicted octanol–water partition coefficient (Wildman–Crippen LogP) is 4.07. The maximum absolute atomic E-state index is 13.2. The smallest absolute Gasteiger partial charge is 0.123 e. The maximum Gasteiger partial charge on any atom is 0.123 e. The summed E-state index contributed by atoms with van der Waals surface area (Å²) in [4.78, 5) is 1.99. The summed E-state index contributed by atoms with van der Waals surface area (Å²) < 4.78 is 13.2. The molecule has 0 atom stereocenters. The van der Waals surface area contributed by atoms with E-state index in [1.165, 1.54) is 12.1 Å². The van der Waals surface area contributed by atoms with E-state index in [-0.39, 0.29) is 11.7 Å². The van der Waals surface area contributed by atoms with Crippen molar-refractivity contribution in [1.29, 1.82) is 5.26 Å². The molecule has 0 fully saturated rings. The molecular formula is C16H14ClFN2. The van der Waals surface area contributed by atoms with Crippen molar-refractivity contribution in [3.63, 3.8) is 0 Å². The van der Waals surface area contributed by atoms with E-state index in [9.17, 15) is 4.39 Å². The van der Waals surface area contributed by atoms with Crippen molar-refractivity contribution in [2.75, 3.05) is 11.9 Å². The molecule has 0 saturated heterocycles. The summed E-state index contributed by atoms with van der Waals surface area (Å²) in [5.74, 6) is -0.0281. The molecule has 2 aromatic carbocycles. The molecule has 2 aromatic rings. The number of hydrogen-bond donors (Lipinski definition) is 0. The zero-order chi connectivity index (χ0) is 14.5. The van der Waals surface area contributed by atoms with E-state index < -0.39 is 0 Å². The first-order chi connectivity index (χ1) is 9.63. The van der Waals surface area contributed by atoms with Gasteiger partial charge in [0.15, 0.2) is 0 Å². The first kappa shape index (κ1) is 14.4. The highest BCUT2D eigenvalue weighted by Gasteiger charge is 2.09. The van der Waals surface area contributed by atoms with Crippen LogP contribution in [-0.2, 0) is 12.4 Å². The van der Waals surface area contributed by atoms with Gasteiger partial charge in [0.2, 0.25) is 0 Å². The number of nitrogens with zero attached hydrogens (tertiary/aromatic N) is 2. The minimum atomic E-state index is -0.288. The van der Waals surface area contributed by atoms with Crippen LogP contribution >= 0.6 is 11.6 Å². The van der Waals surface area contributed by atoms with Crippen LogP contribution in [0.15, 0.2) is 42.5 Å². The van der Waals surface area contributed by atoms with E-state index in [4.69, 9.17) is 16.9 Å². The fourth-order valence-corrected chi connectivity index (χ4v) is 2.35. The van der Waals surface area contributed by atoms with Crippen molar-refractivity contribution in [2.24, 2.45) is 0 Å². The van der Waals surface area contributed by atoms with Crippen molar-refractivity contribution in [3.8, 4) is 6.07 Å². The zero-order valence-corrected chi connectivity index (χ0v) is 11.9. The monoisotopic (exact) mass is 288 g/mol. The Bertz CT molecular complexity index is 649. The summed E-state index contributed by atoms with van der Waals surface area (Å²) in [6.45, 7) is 0.630. The first-order valence-corrected chi connectivity index (χ1v) is 6.72. The SMILES string of the molecule is CN(Cc1cccc(C#N)c1)c1ccc(F)cc1CCl. The number of halogens is 2. The molecule has 0 unspecified atom stereocenters. The lowest BCUT2D eigenvalue weighted by Crippen LogP contribution is -2.18. The number of anilines is 1. The van der Waals surface area contributed by atoms with Gasteiger partial charge in [-0.2, -0.15) is 5.26 Å². The molecule has 0 heterocycles. The van der Waals surface area contributed by atoms with Gasteiger partial charge in [0.1, 0.15) is 5.82 Å². The molecule has 0 N–H and O–H groups in total. The highest BCUT2D eigenvalue weighted by atomic mass is 35.5. The summed E-state index contributed by atoms with van der Waals surface area (Å²) in [6, 6.07) is 14.2. The quantitative estimate of drug-likeness (QED) is 0.793. The van der Waals surface area contributed by atoms with Crippen molar-refractivity contribution in [2.45, 2.75) is 12.4 Å². The van der Waals surface area contributed by atoms with Gasteiger partial charge in [-0.05, 0) is 41.5 Å². The number of alkyl halides is 1. The number of benzene rings is 2. The van der Waals surface area contributed by atoms with Crippen molar-refractivity contribution in [3.05, 3.63) is 65.0 Å². The summed E-state index contributed by atoms with van der Waals surface area (Å²) in [6.07, 6.45) is 0. The minimum Gasteiger partial charge on any atom is -0.370 e. The number of rotatable bonds is 4. The molecule has 0 bridgehead atoms. The van der Waals surface area contributed by atoms with Crippen LogP contribution in [0.25, 0.3) is 0 Å². The molecule has 0 aliphatic rings. The van der Waals surface area contributed by atoms with E-state index >= 15 is 0 Å². The van der Waals surface area contributed by atoms with E-state index in [1.54, 1.807) is 12.1 Å². The second-order valence-corrected chi connectivity index (χ2v) is 4.84. The largest absolute Gasteiger partial charge is 0.370 e. The Morgan fingerprint density at radius 1 is 1.25 bits per heavy atom. The van der Waals surface area contributed by atoms with Crippen LogP contribution in [-0.4, -0.2) is 7.05 Å². The molecule has 0 aromatic heterocycles. The lowest BCUT2D eigenvalue weighted by molar-refractivity contribution is 0.626. The molecule has 4 heteroatoms. The lowest BCUT2D eigenvalue weighted by Gasteiger charge is -2.22. The molecule has 2 nitrogen and oxygen atoms in total. The summed E-state index contributed by atoms with van der Waals surface area (Å²) in [5.41, 5.74) is 3.30. The molecule has 20 heavy (non-hydrogen) atoms. The second kappa shape index (κ2) is 6.40. The van der Waals surface area contributed by atoms with Crippen LogP contribution in [0.4, 0.5) is 10.1 Å². The average molecular weight is 289 g/mol. The highest BCUT2D eigenvalue weighted by Crippen LogP contribution is 2.24. The van der Waals surface area contributed by atoms with Gasteiger partial charge in [-0.1, -0.05) is 12.1 Å². The Morgan fingerprint density at radius 3 is 2.75 bits per heavy atom. The molecular weight excluding hydrogens is 275 g/mol. The third kappa shape index (κ3) is 3.28. The van der Waals surface area contributed by atoms with Gasteiger partial charge >= 0.3 is 0 Å². The van der Waals surface area contributed by atoms with Gasteiger partial charge in [-0.3, -0.25) is 0 Å². The Hall–Kier alpha value is -2.05. The Kier molecular flexibility index (Phi) is 4.60. The first-order valence-electron chi connectivity index (χ1n) is 6.18. The van der Waals surface area contributed by atoms with E-state index in [1.807, 2.05) is 30.1 Å². The van der Waals surface area contributed by atoms with Gasteiger partial charge in [-0.15, -0.1) is 11.6 Å². The summed E-state index contributed by atoms with van der Waals surface area (Å²) in [5, 5.41) is 8.90. The minimum absolute atomic E-state index is 0.260. The van der Waals surface area contributed by atoms with Crippen LogP contribution in [0.2, 0.25) is 0 Å². The average Bonchev–Trinajstić information content (AvgIpc) is 2.47. The fourth-order valence-electron chi connectivity index (χ4n) is 2.13. The Balaban J connectivity index is 2.23. The molecule has 0 amide bonds. The standard InChI is InChI=1S/C16H14ClFN2/c1-20(11-13-4-2-3-12(7-13)10-19)16-6-5-15(18)8-14(16)9-17/h2-8H,9,11H2,1H3. The number of hydrogen-bond acceptors (Lipinski definition) is 2. The zero-order valence-electron chi connectivity index (χ0n) is 11.1. The van der Waals surface area contributed by atoms with Gasteiger partial charge in [-0.25, -0.2) is 4.39 Å². The molecule has 2 rings (SSSR count). The van der Waals surface area contributed by atoms with Crippen molar-refractivity contribution in [1.82, 2.24) is 0 Å². The van der Waals surface area contributed by atoms with Crippen LogP contribution in [0.5, 0.6) is 0 Å². The predicted molar refractivity (Wildman–Crippen MR) is 79.2 cm³/mol. The van der Waals surface area contributed by atoms with Gasteiger partial charge < -0.3 is 4.90 Å². The molecule has 0 spiro atoms. The third-order valence-corrected chi connectivity index (χ3v) is 3.36. The van der Waals surface area contributed by atoms with Gasteiger partial charge in [0.05, 0.1) is 11.6 Å². The van der Waals surface area contributed by atoms with Crippen LogP contribution in [0.3, 0.4) is 0 Å². The van der Waals surface area contributed by atoms with Crippen LogP contribution in [0, 0.1) is 17.1 Å². The summed E-state index contributed by atoms with van der Waals surface area (Å²) in [7, 11) is 1.92. The van der Waals surface area contributed by atoms with E-state index in [0.717, 1.165) is 16.8 Å². The topological polar surface area (TPSA) is 27.0 Å². The fraction of sp³-hybridized carbons (Fsp3) is 0.188. The molecule has 0 radical (unpaired) electrons. The Labute approximate surface area is 123 Å². The molecule has 0 saturated carbocycles. The molecule has 0 aliphatic carbocycles. The van der Waals surface area contributed by atoms with Gasteiger partial charge in [0, 0.05) is 25.2 Å². The molecule has 102 valence electrons.